The van der Waals surface area contributed by atoms with Gasteiger partial charge in [0.15, 0.2) is 11.5 Å². The molecular formula is C14H15N5OS. The Hall–Kier alpha value is -1.99. The smallest absolute Gasteiger partial charge is 0.186 e. The maximum Gasteiger partial charge on any atom is 0.186 e. The molecule has 1 atom stereocenters. The van der Waals surface area contributed by atoms with E-state index in [0.717, 1.165) is 48.8 Å². The maximum atomic E-state index is 5.61. The zero-order chi connectivity index (χ0) is 14.1. The Balaban J connectivity index is 1.60. The predicted molar refractivity (Wildman–Crippen MR) is 81.6 cm³/mol. The number of nitrogens with zero attached hydrogens (tertiary/aromatic N) is 4. The van der Waals surface area contributed by atoms with Crippen molar-refractivity contribution in [1.82, 2.24) is 19.8 Å². The number of aromatic nitrogens is 4. The normalized spacial score (nSPS) is 18.4. The molecule has 108 valence electrons. The van der Waals surface area contributed by atoms with E-state index in [1.807, 2.05) is 29.0 Å². The number of rotatable bonds is 4. The van der Waals surface area contributed by atoms with Crippen LogP contribution in [-0.2, 0) is 4.74 Å². The monoisotopic (exact) mass is 301 g/mol. The molecule has 0 spiro atoms. The first kappa shape index (κ1) is 12.7. The molecule has 3 aromatic rings. The lowest BCUT2D eigenvalue weighted by Crippen LogP contribution is -2.19. The Labute approximate surface area is 125 Å². The van der Waals surface area contributed by atoms with Gasteiger partial charge in [0, 0.05) is 24.1 Å². The van der Waals surface area contributed by atoms with Crippen molar-refractivity contribution in [2.75, 3.05) is 18.5 Å². The average molecular weight is 301 g/mol. The lowest BCUT2D eigenvalue weighted by atomic mass is 10.2. The number of fused-ring (bicyclic) bond motifs is 1. The average Bonchev–Trinajstić information content (AvgIpc) is 3.24. The zero-order valence-electron chi connectivity index (χ0n) is 11.4. The largest absolute Gasteiger partial charge is 0.376 e. The van der Waals surface area contributed by atoms with Crippen LogP contribution in [0.5, 0.6) is 0 Å². The van der Waals surface area contributed by atoms with Gasteiger partial charge in [0.25, 0.3) is 0 Å². The Kier molecular flexibility index (Phi) is 3.28. The van der Waals surface area contributed by atoms with Crippen LogP contribution in [0.4, 0.5) is 5.82 Å². The van der Waals surface area contributed by atoms with Gasteiger partial charge in [-0.2, -0.15) is 15.9 Å². The molecule has 0 amide bonds. The zero-order valence-corrected chi connectivity index (χ0v) is 12.2. The topological polar surface area (TPSA) is 64.3 Å². The van der Waals surface area contributed by atoms with Gasteiger partial charge in [0.2, 0.25) is 0 Å². The SMILES string of the molecule is c1cc(-c2nnc3ccc(NCC4CCCO4)nn23)cs1. The molecule has 0 bridgehead atoms. The molecule has 0 aliphatic carbocycles. The predicted octanol–water partition coefficient (Wildman–Crippen LogP) is 2.44. The molecule has 7 heteroatoms. The molecular weight excluding hydrogens is 286 g/mol. The van der Waals surface area contributed by atoms with Crippen molar-refractivity contribution in [3.05, 3.63) is 29.0 Å². The fourth-order valence-electron chi connectivity index (χ4n) is 2.48. The molecule has 1 aliphatic rings. The van der Waals surface area contributed by atoms with Crippen LogP contribution >= 0.6 is 11.3 Å². The van der Waals surface area contributed by atoms with E-state index in [1.165, 1.54) is 0 Å². The second kappa shape index (κ2) is 5.42. The molecule has 1 fully saturated rings. The summed E-state index contributed by atoms with van der Waals surface area (Å²) >= 11 is 1.64. The van der Waals surface area contributed by atoms with Crippen LogP contribution in [0.2, 0.25) is 0 Å². The molecule has 21 heavy (non-hydrogen) atoms. The Morgan fingerprint density at radius 3 is 3.14 bits per heavy atom. The van der Waals surface area contributed by atoms with Gasteiger partial charge in [-0.05, 0) is 36.4 Å². The molecule has 0 radical (unpaired) electrons. The standard InChI is InChI=1S/C14H15N5OS/c1-2-11(20-6-1)8-15-12-3-4-13-16-17-14(19(13)18-12)10-5-7-21-9-10/h3-5,7,9,11H,1-2,6,8H2,(H,15,18). The van der Waals surface area contributed by atoms with Gasteiger partial charge < -0.3 is 10.1 Å². The Morgan fingerprint density at radius 1 is 1.33 bits per heavy atom. The van der Waals surface area contributed by atoms with Crippen molar-refractivity contribution in [2.24, 2.45) is 0 Å². The Morgan fingerprint density at radius 2 is 2.33 bits per heavy atom. The van der Waals surface area contributed by atoms with E-state index in [4.69, 9.17) is 4.74 Å². The number of anilines is 1. The molecule has 1 unspecified atom stereocenters. The first-order valence-corrected chi connectivity index (χ1v) is 7.95. The van der Waals surface area contributed by atoms with E-state index in [9.17, 15) is 0 Å². The number of hydrogen-bond acceptors (Lipinski definition) is 6. The van der Waals surface area contributed by atoms with Gasteiger partial charge >= 0.3 is 0 Å². The van der Waals surface area contributed by atoms with Gasteiger partial charge in [0.1, 0.15) is 5.82 Å². The number of nitrogens with one attached hydrogen (secondary N) is 1. The van der Waals surface area contributed by atoms with Crippen LogP contribution in [0.3, 0.4) is 0 Å². The molecule has 1 aliphatic heterocycles. The molecule has 4 heterocycles. The third kappa shape index (κ3) is 2.50. The highest BCUT2D eigenvalue weighted by atomic mass is 32.1. The van der Waals surface area contributed by atoms with Gasteiger partial charge in [0.05, 0.1) is 6.10 Å². The highest BCUT2D eigenvalue weighted by Crippen LogP contribution is 2.21. The highest BCUT2D eigenvalue weighted by molar-refractivity contribution is 7.08. The summed E-state index contributed by atoms with van der Waals surface area (Å²) in [4.78, 5) is 0. The third-order valence-corrected chi connectivity index (χ3v) is 4.26. The van der Waals surface area contributed by atoms with E-state index >= 15 is 0 Å². The number of thiophene rings is 1. The van der Waals surface area contributed by atoms with Crippen LogP contribution in [0.1, 0.15) is 12.8 Å². The first-order valence-electron chi connectivity index (χ1n) is 7.01. The summed E-state index contributed by atoms with van der Waals surface area (Å²) in [5, 5.41) is 20.4. The van der Waals surface area contributed by atoms with Crippen molar-refractivity contribution in [3.63, 3.8) is 0 Å². The summed E-state index contributed by atoms with van der Waals surface area (Å²) in [7, 11) is 0. The van der Waals surface area contributed by atoms with Gasteiger partial charge in [-0.25, -0.2) is 0 Å². The summed E-state index contributed by atoms with van der Waals surface area (Å²) in [6.07, 6.45) is 2.55. The lowest BCUT2D eigenvalue weighted by Gasteiger charge is -2.11. The molecule has 1 N–H and O–H groups in total. The van der Waals surface area contributed by atoms with E-state index in [-0.39, 0.29) is 0 Å². The summed E-state index contributed by atoms with van der Waals surface area (Å²) in [6.45, 7) is 1.65. The van der Waals surface area contributed by atoms with E-state index in [0.29, 0.717) is 6.10 Å². The van der Waals surface area contributed by atoms with Crippen molar-refractivity contribution >= 4 is 22.8 Å². The summed E-state index contributed by atoms with van der Waals surface area (Å²) in [5.41, 5.74) is 1.79. The van der Waals surface area contributed by atoms with Crippen LogP contribution < -0.4 is 5.32 Å². The summed E-state index contributed by atoms with van der Waals surface area (Å²) in [5.74, 6) is 1.58. The fraction of sp³-hybridized carbons (Fsp3) is 0.357. The minimum absolute atomic E-state index is 0.291. The van der Waals surface area contributed by atoms with Crippen molar-refractivity contribution in [1.29, 1.82) is 0 Å². The van der Waals surface area contributed by atoms with Crippen molar-refractivity contribution < 1.29 is 4.74 Å². The van der Waals surface area contributed by atoms with Crippen LogP contribution in [0.25, 0.3) is 17.0 Å². The van der Waals surface area contributed by atoms with Crippen LogP contribution in [-0.4, -0.2) is 39.1 Å². The molecule has 0 saturated carbocycles. The first-order chi connectivity index (χ1) is 10.4. The summed E-state index contributed by atoms with van der Waals surface area (Å²) < 4.78 is 7.39. The third-order valence-electron chi connectivity index (χ3n) is 3.58. The second-order valence-electron chi connectivity index (χ2n) is 5.04. The second-order valence-corrected chi connectivity index (χ2v) is 5.82. The molecule has 4 rings (SSSR count). The van der Waals surface area contributed by atoms with E-state index in [1.54, 1.807) is 15.9 Å². The molecule has 3 aromatic heterocycles. The van der Waals surface area contributed by atoms with Gasteiger partial charge in [-0.1, -0.05) is 0 Å². The lowest BCUT2D eigenvalue weighted by molar-refractivity contribution is 0.120. The Bertz CT molecular complexity index is 733. The van der Waals surface area contributed by atoms with Crippen molar-refractivity contribution in [3.8, 4) is 11.4 Å². The fourth-order valence-corrected chi connectivity index (χ4v) is 3.11. The number of ether oxygens (including phenoxy) is 1. The quantitative estimate of drug-likeness (QED) is 0.802. The van der Waals surface area contributed by atoms with Crippen LogP contribution in [0, 0.1) is 0 Å². The number of hydrogen-bond donors (Lipinski definition) is 1. The van der Waals surface area contributed by atoms with Gasteiger partial charge in [-0.3, -0.25) is 0 Å². The molecule has 0 aromatic carbocycles. The van der Waals surface area contributed by atoms with Crippen molar-refractivity contribution in [2.45, 2.75) is 18.9 Å². The van der Waals surface area contributed by atoms with Crippen LogP contribution in [0.15, 0.2) is 29.0 Å². The van der Waals surface area contributed by atoms with Gasteiger partial charge in [-0.15, -0.1) is 15.3 Å². The minimum atomic E-state index is 0.291. The maximum absolute atomic E-state index is 5.61. The molecule has 1 saturated heterocycles. The van der Waals surface area contributed by atoms with E-state index < -0.39 is 0 Å². The minimum Gasteiger partial charge on any atom is -0.376 e. The van der Waals surface area contributed by atoms with E-state index in [2.05, 4.69) is 20.6 Å². The molecule has 6 nitrogen and oxygen atoms in total. The summed E-state index contributed by atoms with van der Waals surface area (Å²) in [6, 6.07) is 5.87. The highest BCUT2D eigenvalue weighted by Gasteiger charge is 2.15.